The van der Waals surface area contributed by atoms with Crippen LogP contribution in [0.4, 0.5) is 5.13 Å². The third-order valence-corrected chi connectivity index (χ3v) is 2.38. The summed E-state index contributed by atoms with van der Waals surface area (Å²) in [6.07, 6.45) is 0. The fraction of sp³-hybridized carbons (Fsp3) is 0.300. The lowest BCUT2D eigenvalue weighted by Gasteiger charge is -1.97. The van der Waals surface area contributed by atoms with Crippen LogP contribution in [0.2, 0.25) is 0 Å². The van der Waals surface area contributed by atoms with Gasteiger partial charge in [0.2, 0.25) is 0 Å². The number of carbonyl (C=O) groups excluding carboxylic acids is 2. The summed E-state index contributed by atoms with van der Waals surface area (Å²) in [5.41, 5.74) is 5.49. The molecule has 0 radical (unpaired) electrons. The Bertz CT molecular complexity index is 498. The van der Waals surface area contributed by atoms with Gasteiger partial charge in [0.05, 0.1) is 13.7 Å². The molecule has 1 aromatic rings. The van der Waals surface area contributed by atoms with Gasteiger partial charge in [-0.05, 0) is 12.8 Å². The number of rotatable bonds is 2. The molecule has 0 bridgehead atoms. The van der Waals surface area contributed by atoms with Gasteiger partial charge in [-0.2, -0.15) is 0 Å². The van der Waals surface area contributed by atoms with Crippen molar-refractivity contribution in [2.24, 2.45) is 0 Å². The van der Waals surface area contributed by atoms with Crippen LogP contribution in [0.15, 0.2) is 0 Å². The molecule has 0 saturated carbocycles. The first kappa shape index (κ1) is 13.0. The van der Waals surface area contributed by atoms with Crippen LogP contribution in [-0.2, 0) is 14.3 Å². The molecule has 17 heavy (non-hydrogen) atoms. The van der Waals surface area contributed by atoms with Crippen LogP contribution in [0.5, 0.6) is 0 Å². The second kappa shape index (κ2) is 5.86. The van der Waals surface area contributed by atoms with E-state index in [0.29, 0.717) is 0 Å². The SMILES string of the molecule is CCOC(=O)c1nc(N)sc1C#CC(=O)OC. The molecule has 0 aliphatic rings. The van der Waals surface area contributed by atoms with Crippen molar-refractivity contribution in [3.63, 3.8) is 0 Å². The molecule has 6 nitrogen and oxygen atoms in total. The number of ether oxygens (including phenoxy) is 2. The molecule has 1 aromatic heterocycles. The van der Waals surface area contributed by atoms with Crippen molar-refractivity contribution >= 4 is 28.4 Å². The minimum absolute atomic E-state index is 0.0192. The maximum Gasteiger partial charge on any atom is 0.384 e. The largest absolute Gasteiger partial charge is 0.461 e. The van der Waals surface area contributed by atoms with E-state index in [-0.39, 0.29) is 22.3 Å². The number of hydrogen-bond donors (Lipinski definition) is 1. The summed E-state index contributed by atoms with van der Waals surface area (Å²) in [6, 6.07) is 0. The van der Waals surface area contributed by atoms with E-state index in [1.165, 1.54) is 7.11 Å². The van der Waals surface area contributed by atoms with Gasteiger partial charge < -0.3 is 15.2 Å². The van der Waals surface area contributed by atoms with Crippen molar-refractivity contribution in [3.8, 4) is 11.8 Å². The molecule has 0 atom stereocenters. The van der Waals surface area contributed by atoms with Crippen molar-refractivity contribution in [1.29, 1.82) is 0 Å². The first-order valence-electron chi connectivity index (χ1n) is 4.61. The van der Waals surface area contributed by atoms with Crippen molar-refractivity contribution in [1.82, 2.24) is 4.98 Å². The number of nitrogens with two attached hydrogens (primary N) is 1. The van der Waals surface area contributed by atoms with E-state index in [1.807, 2.05) is 0 Å². The highest BCUT2D eigenvalue weighted by atomic mass is 32.1. The minimum atomic E-state index is -0.702. The average molecular weight is 254 g/mol. The Hall–Kier alpha value is -2.07. The Labute approximate surface area is 102 Å². The van der Waals surface area contributed by atoms with Gasteiger partial charge in [0.25, 0.3) is 0 Å². The van der Waals surface area contributed by atoms with Gasteiger partial charge >= 0.3 is 11.9 Å². The predicted molar refractivity (Wildman–Crippen MR) is 61.4 cm³/mol. The highest BCUT2D eigenvalue weighted by Crippen LogP contribution is 2.20. The van der Waals surface area contributed by atoms with Crippen LogP contribution >= 0.6 is 11.3 Å². The Morgan fingerprint density at radius 1 is 1.53 bits per heavy atom. The highest BCUT2D eigenvalue weighted by molar-refractivity contribution is 7.16. The fourth-order valence-electron chi connectivity index (χ4n) is 0.918. The van der Waals surface area contributed by atoms with Crippen molar-refractivity contribution in [3.05, 3.63) is 10.6 Å². The molecule has 7 heteroatoms. The zero-order valence-corrected chi connectivity index (χ0v) is 10.1. The van der Waals surface area contributed by atoms with E-state index in [2.05, 4.69) is 21.6 Å². The topological polar surface area (TPSA) is 91.5 Å². The smallest absolute Gasteiger partial charge is 0.384 e. The third kappa shape index (κ3) is 3.46. The molecular formula is C10H10N2O4S. The molecule has 0 saturated heterocycles. The lowest BCUT2D eigenvalue weighted by atomic mass is 10.3. The Kier molecular flexibility index (Phi) is 4.48. The molecule has 2 N–H and O–H groups in total. The van der Waals surface area contributed by atoms with Gasteiger partial charge in [-0.1, -0.05) is 11.3 Å². The number of carbonyl (C=O) groups is 2. The Balaban J connectivity index is 3.02. The number of esters is 2. The van der Waals surface area contributed by atoms with E-state index in [1.54, 1.807) is 6.92 Å². The second-order valence-electron chi connectivity index (χ2n) is 2.69. The van der Waals surface area contributed by atoms with Gasteiger partial charge in [-0.25, -0.2) is 14.6 Å². The fourth-order valence-corrected chi connectivity index (χ4v) is 1.59. The van der Waals surface area contributed by atoms with Gasteiger partial charge in [0, 0.05) is 5.92 Å². The van der Waals surface area contributed by atoms with Gasteiger partial charge in [0.15, 0.2) is 10.8 Å². The Morgan fingerprint density at radius 3 is 2.82 bits per heavy atom. The van der Waals surface area contributed by atoms with E-state index in [0.717, 1.165) is 11.3 Å². The number of nitrogen functional groups attached to an aromatic ring is 1. The lowest BCUT2D eigenvalue weighted by molar-refractivity contribution is -0.133. The van der Waals surface area contributed by atoms with Crippen molar-refractivity contribution in [2.75, 3.05) is 19.5 Å². The molecule has 0 aliphatic carbocycles. The summed E-state index contributed by atoms with van der Waals surface area (Å²) in [4.78, 5) is 26.4. The maximum atomic E-state index is 11.5. The van der Waals surface area contributed by atoms with Gasteiger partial charge in [-0.15, -0.1) is 0 Å². The molecule has 0 amide bonds. The lowest BCUT2D eigenvalue weighted by Crippen LogP contribution is -2.07. The quantitative estimate of drug-likeness (QED) is 0.607. The monoisotopic (exact) mass is 254 g/mol. The zero-order chi connectivity index (χ0) is 12.8. The molecule has 90 valence electrons. The van der Waals surface area contributed by atoms with Crippen molar-refractivity contribution < 1.29 is 19.1 Å². The predicted octanol–water partition coefficient (Wildman–Crippen LogP) is 0.427. The first-order valence-corrected chi connectivity index (χ1v) is 5.43. The highest BCUT2D eigenvalue weighted by Gasteiger charge is 2.17. The molecule has 0 spiro atoms. The van der Waals surface area contributed by atoms with E-state index in [9.17, 15) is 9.59 Å². The summed E-state index contributed by atoms with van der Waals surface area (Å²) < 4.78 is 9.13. The summed E-state index contributed by atoms with van der Waals surface area (Å²) >= 11 is 1.01. The van der Waals surface area contributed by atoms with Crippen LogP contribution in [0, 0.1) is 11.8 Å². The average Bonchev–Trinajstić information content (AvgIpc) is 2.67. The molecule has 0 aromatic carbocycles. The van der Waals surface area contributed by atoms with E-state index >= 15 is 0 Å². The molecular weight excluding hydrogens is 244 g/mol. The number of methoxy groups -OCH3 is 1. The van der Waals surface area contributed by atoms with Gasteiger partial charge in [-0.3, -0.25) is 0 Å². The molecule has 0 aliphatic heterocycles. The number of thiazole rings is 1. The number of nitrogens with zero attached hydrogens (tertiary/aromatic N) is 1. The summed E-state index contributed by atoms with van der Waals surface area (Å²) in [5.74, 6) is 3.35. The molecule has 1 rings (SSSR count). The standard InChI is InChI=1S/C10H10N2O4S/c1-3-16-9(14)8-6(17-10(11)12-8)4-5-7(13)15-2/h3H2,1-2H3,(H2,11,12). The number of aromatic nitrogens is 1. The Morgan fingerprint density at radius 2 is 2.24 bits per heavy atom. The number of hydrogen-bond acceptors (Lipinski definition) is 7. The van der Waals surface area contributed by atoms with Crippen LogP contribution in [-0.4, -0.2) is 30.6 Å². The summed E-state index contributed by atoms with van der Waals surface area (Å²) in [7, 11) is 1.21. The normalized spacial score (nSPS) is 9.06. The summed E-state index contributed by atoms with van der Waals surface area (Å²) in [5, 5.41) is 0.183. The van der Waals surface area contributed by atoms with Crippen LogP contribution in [0.25, 0.3) is 0 Å². The number of anilines is 1. The van der Waals surface area contributed by atoms with Crippen LogP contribution < -0.4 is 5.73 Å². The third-order valence-electron chi connectivity index (χ3n) is 1.58. The second-order valence-corrected chi connectivity index (χ2v) is 3.72. The maximum absolute atomic E-state index is 11.5. The van der Waals surface area contributed by atoms with E-state index < -0.39 is 11.9 Å². The van der Waals surface area contributed by atoms with Gasteiger partial charge in [0.1, 0.15) is 4.88 Å². The van der Waals surface area contributed by atoms with Crippen molar-refractivity contribution in [2.45, 2.75) is 6.92 Å². The molecule has 0 unspecified atom stereocenters. The molecule has 1 heterocycles. The van der Waals surface area contributed by atoms with Crippen LogP contribution in [0.3, 0.4) is 0 Å². The zero-order valence-electron chi connectivity index (χ0n) is 9.27. The molecule has 0 fully saturated rings. The van der Waals surface area contributed by atoms with E-state index in [4.69, 9.17) is 10.5 Å². The minimum Gasteiger partial charge on any atom is -0.461 e. The van der Waals surface area contributed by atoms with Crippen LogP contribution in [0.1, 0.15) is 22.3 Å². The summed E-state index contributed by atoms with van der Waals surface area (Å²) in [6.45, 7) is 1.90. The first-order chi connectivity index (χ1) is 8.08.